The fraction of sp³-hybridized carbons (Fsp3) is 0.600. The maximum atomic E-state index is 6.00. The first-order chi connectivity index (χ1) is 8.26. The van der Waals surface area contributed by atoms with Crippen LogP contribution >= 0.6 is 11.6 Å². The quantitative estimate of drug-likeness (QED) is 0.676. The molecule has 0 aliphatic carbocycles. The van der Waals surface area contributed by atoms with Gasteiger partial charge in [-0.05, 0) is 37.6 Å². The van der Waals surface area contributed by atoms with Gasteiger partial charge in [-0.15, -0.1) is 0 Å². The molecule has 1 aromatic rings. The molecule has 0 bridgehead atoms. The molecule has 0 heterocycles. The largest absolute Gasteiger partial charge is 0.317 e. The van der Waals surface area contributed by atoms with Gasteiger partial charge in [-0.3, -0.25) is 0 Å². The number of unbranched alkanes of at least 4 members (excludes halogenated alkanes) is 3. The van der Waals surface area contributed by atoms with Gasteiger partial charge >= 0.3 is 0 Å². The Morgan fingerprint density at radius 2 is 2.06 bits per heavy atom. The van der Waals surface area contributed by atoms with Crippen molar-refractivity contribution in [3.63, 3.8) is 0 Å². The van der Waals surface area contributed by atoms with E-state index in [0.29, 0.717) is 6.04 Å². The maximum absolute atomic E-state index is 6.00. The van der Waals surface area contributed by atoms with Gasteiger partial charge in [-0.1, -0.05) is 56.3 Å². The summed E-state index contributed by atoms with van der Waals surface area (Å²) >= 11 is 6.00. The Bertz CT molecular complexity index is 312. The van der Waals surface area contributed by atoms with E-state index in [9.17, 15) is 0 Å². The van der Waals surface area contributed by atoms with Crippen molar-refractivity contribution in [1.82, 2.24) is 5.32 Å². The predicted octanol–water partition coefficient (Wildman–Crippen LogP) is 4.44. The second kappa shape index (κ2) is 8.54. The van der Waals surface area contributed by atoms with Crippen LogP contribution in [-0.2, 0) is 6.42 Å². The second-order valence-electron chi connectivity index (χ2n) is 4.67. The highest BCUT2D eigenvalue weighted by molar-refractivity contribution is 6.30. The van der Waals surface area contributed by atoms with Gasteiger partial charge < -0.3 is 5.32 Å². The van der Waals surface area contributed by atoms with Crippen LogP contribution in [0.4, 0.5) is 0 Å². The Kier molecular flexibility index (Phi) is 7.30. The fourth-order valence-electron chi connectivity index (χ4n) is 2.11. The summed E-state index contributed by atoms with van der Waals surface area (Å²) in [6, 6.07) is 8.76. The molecular formula is C15H24ClN. The van der Waals surface area contributed by atoms with Gasteiger partial charge in [0.25, 0.3) is 0 Å². The number of nitrogens with one attached hydrogen (secondary N) is 1. The van der Waals surface area contributed by atoms with Crippen LogP contribution < -0.4 is 5.32 Å². The first-order valence-corrected chi connectivity index (χ1v) is 7.05. The van der Waals surface area contributed by atoms with E-state index in [1.54, 1.807) is 0 Å². The number of halogens is 1. The fourth-order valence-corrected chi connectivity index (χ4v) is 2.33. The van der Waals surface area contributed by atoms with Crippen molar-refractivity contribution < 1.29 is 0 Å². The van der Waals surface area contributed by atoms with E-state index in [2.05, 4.69) is 31.4 Å². The molecule has 96 valence electrons. The molecule has 0 aliphatic rings. The van der Waals surface area contributed by atoms with Crippen molar-refractivity contribution in [3.05, 3.63) is 34.9 Å². The van der Waals surface area contributed by atoms with Crippen molar-refractivity contribution in [2.24, 2.45) is 0 Å². The van der Waals surface area contributed by atoms with Crippen molar-refractivity contribution in [2.45, 2.75) is 51.5 Å². The van der Waals surface area contributed by atoms with Crippen molar-refractivity contribution >= 4 is 11.6 Å². The minimum Gasteiger partial charge on any atom is -0.317 e. The molecule has 17 heavy (non-hydrogen) atoms. The van der Waals surface area contributed by atoms with E-state index in [-0.39, 0.29) is 0 Å². The highest BCUT2D eigenvalue weighted by Gasteiger charge is 2.07. The zero-order valence-electron chi connectivity index (χ0n) is 11.0. The standard InChI is InChI=1S/C15H24ClN/c1-3-4-5-6-10-15(17-2)12-13-8-7-9-14(16)11-13/h7-9,11,15,17H,3-6,10,12H2,1-2H3. The van der Waals surface area contributed by atoms with Gasteiger partial charge in [0, 0.05) is 11.1 Å². The molecule has 0 spiro atoms. The molecular weight excluding hydrogens is 230 g/mol. The summed E-state index contributed by atoms with van der Waals surface area (Å²) < 4.78 is 0. The number of likely N-dealkylation sites (N-methyl/N-ethyl adjacent to an activating group) is 1. The van der Waals surface area contributed by atoms with Crippen LogP contribution in [-0.4, -0.2) is 13.1 Å². The number of hydrogen-bond acceptors (Lipinski definition) is 1. The smallest absolute Gasteiger partial charge is 0.0408 e. The molecule has 0 saturated heterocycles. The molecule has 1 atom stereocenters. The van der Waals surface area contributed by atoms with Crippen LogP contribution in [0.2, 0.25) is 5.02 Å². The average Bonchev–Trinajstić information content (AvgIpc) is 2.33. The Morgan fingerprint density at radius 1 is 1.24 bits per heavy atom. The van der Waals surface area contributed by atoms with Gasteiger partial charge in [0.05, 0.1) is 0 Å². The lowest BCUT2D eigenvalue weighted by Gasteiger charge is -2.16. The van der Waals surface area contributed by atoms with Crippen LogP contribution in [0.3, 0.4) is 0 Å². The van der Waals surface area contributed by atoms with E-state index in [0.717, 1.165) is 11.4 Å². The van der Waals surface area contributed by atoms with Crippen molar-refractivity contribution in [2.75, 3.05) is 7.05 Å². The molecule has 1 unspecified atom stereocenters. The maximum Gasteiger partial charge on any atom is 0.0408 e. The molecule has 0 radical (unpaired) electrons. The van der Waals surface area contributed by atoms with Crippen LogP contribution in [0.1, 0.15) is 44.6 Å². The normalized spacial score (nSPS) is 12.6. The minimum absolute atomic E-state index is 0.574. The van der Waals surface area contributed by atoms with Gasteiger partial charge in [0.1, 0.15) is 0 Å². The monoisotopic (exact) mass is 253 g/mol. The lowest BCUT2D eigenvalue weighted by Crippen LogP contribution is -2.27. The first-order valence-electron chi connectivity index (χ1n) is 6.68. The van der Waals surface area contributed by atoms with Crippen LogP contribution in [0.15, 0.2) is 24.3 Å². The molecule has 0 aromatic heterocycles. The van der Waals surface area contributed by atoms with Gasteiger partial charge in [0.2, 0.25) is 0 Å². The SMILES string of the molecule is CCCCCCC(Cc1cccc(Cl)c1)NC. The summed E-state index contributed by atoms with van der Waals surface area (Å²) in [6.07, 6.45) is 7.66. The van der Waals surface area contributed by atoms with Gasteiger partial charge in [-0.2, -0.15) is 0 Å². The third kappa shape index (κ3) is 6.09. The van der Waals surface area contributed by atoms with E-state index >= 15 is 0 Å². The Balaban J connectivity index is 2.35. The van der Waals surface area contributed by atoms with Gasteiger partial charge in [-0.25, -0.2) is 0 Å². The van der Waals surface area contributed by atoms with Gasteiger partial charge in [0.15, 0.2) is 0 Å². The van der Waals surface area contributed by atoms with E-state index in [1.807, 2.05) is 12.1 Å². The summed E-state index contributed by atoms with van der Waals surface area (Å²) in [6.45, 7) is 2.25. The summed E-state index contributed by atoms with van der Waals surface area (Å²) in [5.74, 6) is 0. The molecule has 2 heteroatoms. The lowest BCUT2D eigenvalue weighted by atomic mass is 10.0. The number of rotatable bonds is 8. The number of hydrogen-bond donors (Lipinski definition) is 1. The molecule has 0 fully saturated rings. The summed E-state index contributed by atoms with van der Waals surface area (Å²) in [7, 11) is 2.05. The molecule has 1 aromatic carbocycles. The zero-order chi connectivity index (χ0) is 12.5. The van der Waals surface area contributed by atoms with E-state index in [4.69, 9.17) is 11.6 Å². The van der Waals surface area contributed by atoms with E-state index < -0.39 is 0 Å². The third-order valence-electron chi connectivity index (χ3n) is 3.19. The first kappa shape index (κ1) is 14.5. The third-order valence-corrected chi connectivity index (χ3v) is 3.42. The molecule has 1 rings (SSSR count). The molecule has 1 nitrogen and oxygen atoms in total. The van der Waals surface area contributed by atoms with Crippen molar-refractivity contribution in [3.8, 4) is 0 Å². The summed E-state index contributed by atoms with van der Waals surface area (Å²) in [5.41, 5.74) is 1.33. The summed E-state index contributed by atoms with van der Waals surface area (Å²) in [5, 5.41) is 4.24. The number of benzene rings is 1. The van der Waals surface area contributed by atoms with E-state index in [1.165, 1.54) is 37.7 Å². The molecule has 0 aliphatic heterocycles. The predicted molar refractivity (Wildman–Crippen MR) is 76.8 cm³/mol. The molecule has 0 saturated carbocycles. The highest BCUT2D eigenvalue weighted by atomic mass is 35.5. The lowest BCUT2D eigenvalue weighted by molar-refractivity contribution is 0.485. The van der Waals surface area contributed by atoms with Crippen LogP contribution in [0.5, 0.6) is 0 Å². The topological polar surface area (TPSA) is 12.0 Å². The van der Waals surface area contributed by atoms with Crippen LogP contribution in [0, 0.1) is 0 Å². The Morgan fingerprint density at radius 3 is 2.71 bits per heavy atom. The Hall–Kier alpha value is -0.530. The zero-order valence-corrected chi connectivity index (χ0v) is 11.8. The van der Waals surface area contributed by atoms with Crippen molar-refractivity contribution in [1.29, 1.82) is 0 Å². The van der Waals surface area contributed by atoms with Crippen LogP contribution in [0.25, 0.3) is 0 Å². The minimum atomic E-state index is 0.574. The Labute approximate surface area is 111 Å². The summed E-state index contributed by atoms with van der Waals surface area (Å²) in [4.78, 5) is 0. The molecule has 1 N–H and O–H groups in total. The second-order valence-corrected chi connectivity index (χ2v) is 5.11. The highest BCUT2D eigenvalue weighted by Crippen LogP contribution is 2.14. The average molecular weight is 254 g/mol. The molecule has 0 amide bonds.